The van der Waals surface area contributed by atoms with Crippen LogP contribution in [0.25, 0.3) is 0 Å². The number of aromatic nitrogens is 2. The molecule has 0 bridgehead atoms. The standard InChI is InChI=1S/C4H4N2.2C3H9N3O/c1-2-5-4-6-3-1;2*1-5-3(7)6(2)4/h1-4H;2*4H2,1-2H3,(H,5,7). The molecular weight excluding hydrogens is 264 g/mol. The van der Waals surface area contributed by atoms with Crippen LogP contribution in [0.4, 0.5) is 9.59 Å². The molecule has 0 saturated carbocycles. The van der Waals surface area contributed by atoms with Crippen molar-refractivity contribution in [1.82, 2.24) is 30.6 Å². The minimum absolute atomic E-state index is 0.292. The first-order valence-electron chi connectivity index (χ1n) is 5.47. The van der Waals surface area contributed by atoms with E-state index < -0.39 is 0 Å². The van der Waals surface area contributed by atoms with E-state index in [0.29, 0.717) is 0 Å². The predicted octanol–water partition coefficient (Wildman–Crippen LogP) is -1.26. The van der Waals surface area contributed by atoms with Gasteiger partial charge in [0.15, 0.2) is 0 Å². The van der Waals surface area contributed by atoms with E-state index in [1.54, 1.807) is 18.5 Å². The van der Waals surface area contributed by atoms with Crippen LogP contribution in [0.1, 0.15) is 0 Å². The largest absolute Gasteiger partial charge is 0.340 e. The number of nitrogens with two attached hydrogens (primary N) is 2. The van der Waals surface area contributed by atoms with Gasteiger partial charge in [0.05, 0.1) is 0 Å². The molecule has 10 heteroatoms. The molecule has 1 rings (SSSR count). The molecule has 0 spiro atoms. The smallest absolute Gasteiger partial charge is 0.330 e. The summed E-state index contributed by atoms with van der Waals surface area (Å²) < 4.78 is 0. The second-order valence-electron chi connectivity index (χ2n) is 3.24. The number of hydrogen-bond acceptors (Lipinski definition) is 6. The molecule has 20 heavy (non-hydrogen) atoms. The predicted molar refractivity (Wildman–Crippen MR) is 74.8 cm³/mol. The summed E-state index contributed by atoms with van der Waals surface area (Å²) in [6, 6.07) is 1.19. The Morgan fingerprint density at radius 1 is 0.950 bits per heavy atom. The first-order valence-corrected chi connectivity index (χ1v) is 5.47. The molecule has 6 N–H and O–H groups in total. The zero-order valence-electron chi connectivity index (χ0n) is 12.1. The van der Waals surface area contributed by atoms with Gasteiger partial charge in [0.1, 0.15) is 6.33 Å². The summed E-state index contributed by atoms with van der Waals surface area (Å²) in [6.07, 6.45) is 4.88. The number of hydrazine groups is 2. The van der Waals surface area contributed by atoms with E-state index in [4.69, 9.17) is 11.7 Å². The Hall–Kier alpha value is -2.46. The molecule has 1 aromatic heterocycles. The molecular formula is C10H22N8O2. The number of hydrogen-bond donors (Lipinski definition) is 4. The van der Waals surface area contributed by atoms with Gasteiger partial charge in [-0.15, -0.1) is 0 Å². The number of carbonyl (C=O) groups is 2. The fourth-order valence-corrected chi connectivity index (χ4v) is 0.606. The first kappa shape index (κ1) is 19.9. The van der Waals surface area contributed by atoms with Crippen molar-refractivity contribution >= 4 is 12.1 Å². The van der Waals surface area contributed by atoms with E-state index in [9.17, 15) is 9.59 Å². The topological polar surface area (TPSA) is 142 Å². The summed E-state index contributed by atoms with van der Waals surface area (Å²) in [6.45, 7) is 0. The summed E-state index contributed by atoms with van der Waals surface area (Å²) in [4.78, 5) is 27.8. The zero-order valence-corrected chi connectivity index (χ0v) is 12.1. The minimum atomic E-state index is -0.292. The van der Waals surface area contributed by atoms with E-state index in [1.807, 2.05) is 0 Å². The first-order chi connectivity index (χ1) is 9.36. The normalized spacial score (nSPS) is 7.90. The van der Waals surface area contributed by atoms with Crippen LogP contribution in [0.3, 0.4) is 0 Å². The highest BCUT2D eigenvalue weighted by Crippen LogP contribution is 1.67. The number of amides is 4. The van der Waals surface area contributed by atoms with E-state index in [-0.39, 0.29) is 12.1 Å². The van der Waals surface area contributed by atoms with Gasteiger partial charge < -0.3 is 10.6 Å². The van der Waals surface area contributed by atoms with Gasteiger partial charge in [0.2, 0.25) is 0 Å². The van der Waals surface area contributed by atoms with E-state index >= 15 is 0 Å². The molecule has 0 aliphatic heterocycles. The van der Waals surface area contributed by atoms with Crippen LogP contribution in [-0.4, -0.2) is 60.2 Å². The zero-order chi connectivity index (χ0) is 16.0. The molecule has 0 atom stereocenters. The quantitative estimate of drug-likeness (QED) is 0.266. The maximum Gasteiger partial charge on any atom is 0.330 e. The van der Waals surface area contributed by atoms with Gasteiger partial charge in [-0.05, 0) is 6.07 Å². The summed E-state index contributed by atoms with van der Waals surface area (Å²) in [5.41, 5.74) is 0. The van der Waals surface area contributed by atoms with Crippen molar-refractivity contribution in [1.29, 1.82) is 0 Å². The third-order valence-corrected chi connectivity index (χ3v) is 1.55. The average Bonchev–Trinajstić information content (AvgIpc) is 2.48. The lowest BCUT2D eigenvalue weighted by Crippen LogP contribution is -2.39. The lowest BCUT2D eigenvalue weighted by Gasteiger charge is -2.06. The van der Waals surface area contributed by atoms with Crippen LogP contribution >= 0.6 is 0 Å². The van der Waals surface area contributed by atoms with Crippen LogP contribution < -0.4 is 22.3 Å². The molecule has 1 heterocycles. The SMILES string of the molecule is CNC(=O)N(C)N.CNC(=O)N(C)N.c1cncnc1. The van der Waals surface area contributed by atoms with E-state index in [2.05, 4.69) is 20.6 Å². The lowest BCUT2D eigenvalue weighted by atomic mass is 10.7. The Balaban J connectivity index is 0. The van der Waals surface area contributed by atoms with Gasteiger partial charge in [0.25, 0.3) is 0 Å². The molecule has 0 aromatic carbocycles. The fraction of sp³-hybridized carbons (Fsp3) is 0.400. The Morgan fingerprint density at radius 2 is 1.30 bits per heavy atom. The Morgan fingerprint density at radius 3 is 1.35 bits per heavy atom. The van der Waals surface area contributed by atoms with Crippen molar-refractivity contribution < 1.29 is 9.59 Å². The number of carbonyl (C=O) groups excluding carboxylic acids is 2. The number of urea groups is 2. The van der Waals surface area contributed by atoms with Crippen molar-refractivity contribution in [2.24, 2.45) is 11.7 Å². The monoisotopic (exact) mass is 286 g/mol. The summed E-state index contributed by atoms with van der Waals surface area (Å²) in [5.74, 6) is 9.94. The molecule has 0 saturated heterocycles. The van der Waals surface area contributed by atoms with E-state index in [0.717, 1.165) is 10.0 Å². The van der Waals surface area contributed by atoms with Gasteiger partial charge >= 0.3 is 12.1 Å². The highest BCUT2D eigenvalue weighted by molar-refractivity contribution is 5.72. The summed E-state index contributed by atoms with van der Waals surface area (Å²) in [7, 11) is 5.98. The van der Waals surface area contributed by atoms with Crippen LogP contribution in [0.5, 0.6) is 0 Å². The van der Waals surface area contributed by atoms with Gasteiger partial charge in [0, 0.05) is 40.6 Å². The third-order valence-electron chi connectivity index (χ3n) is 1.55. The number of nitrogens with one attached hydrogen (secondary N) is 2. The van der Waals surface area contributed by atoms with Gasteiger partial charge in [-0.25, -0.2) is 31.2 Å². The van der Waals surface area contributed by atoms with Crippen molar-refractivity contribution in [3.63, 3.8) is 0 Å². The van der Waals surface area contributed by atoms with Crippen molar-refractivity contribution in [3.8, 4) is 0 Å². The molecule has 0 aliphatic rings. The van der Waals surface area contributed by atoms with Crippen LogP contribution in [0, 0.1) is 0 Å². The molecule has 0 unspecified atom stereocenters. The van der Waals surface area contributed by atoms with Crippen LogP contribution in [-0.2, 0) is 0 Å². The second kappa shape index (κ2) is 13.0. The van der Waals surface area contributed by atoms with Gasteiger partial charge in [-0.3, -0.25) is 10.0 Å². The Labute approximate surface area is 118 Å². The molecule has 1 aromatic rings. The maximum absolute atomic E-state index is 10.2. The maximum atomic E-state index is 10.2. The molecule has 4 amide bonds. The summed E-state index contributed by atoms with van der Waals surface area (Å²) in [5, 5.41) is 6.60. The van der Waals surface area contributed by atoms with Crippen LogP contribution in [0.15, 0.2) is 24.8 Å². The third kappa shape index (κ3) is 13.6. The van der Waals surface area contributed by atoms with Crippen molar-refractivity contribution in [2.45, 2.75) is 0 Å². The Bertz CT molecular complexity index is 311. The van der Waals surface area contributed by atoms with Gasteiger partial charge in [-0.2, -0.15) is 0 Å². The van der Waals surface area contributed by atoms with Gasteiger partial charge in [-0.1, -0.05) is 0 Å². The van der Waals surface area contributed by atoms with E-state index in [1.165, 1.54) is 34.5 Å². The average molecular weight is 286 g/mol. The highest BCUT2D eigenvalue weighted by atomic mass is 16.2. The molecule has 0 aliphatic carbocycles. The van der Waals surface area contributed by atoms with Crippen molar-refractivity contribution in [2.75, 3.05) is 28.2 Å². The Kier molecular flexibility index (Phi) is 12.9. The van der Waals surface area contributed by atoms with Crippen LogP contribution in [0.2, 0.25) is 0 Å². The lowest BCUT2D eigenvalue weighted by molar-refractivity contribution is 0.211. The number of nitrogens with zero attached hydrogens (tertiary/aromatic N) is 4. The minimum Gasteiger partial charge on any atom is -0.340 e. The number of rotatable bonds is 0. The molecule has 114 valence electrons. The second-order valence-corrected chi connectivity index (χ2v) is 3.24. The van der Waals surface area contributed by atoms with Crippen molar-refractivity contribution in [3.05, 3.63) is 24.8 Å². The fourth-order valence-electron chi connectivity index (χ4n) is 0.606. The molecule has 0 fully saturated rings. The molecule has 10 nitrogen and oxygen atoms in total. The summed E-state index contributed by atoms with van der Waals surface area (Å²) >= 11 is 0. The molecule has 0 radical (unpaired) electrons. The highest BCUT2D eigenvalue weighted by Gasteiger charge is 1.95.